The van der Waals surface area contributed by atoms with E-state index in [0.717, 1.165) is 0 Å². The van der Waals surface area contributed by atoms with E-state index in [9.17, 15) is 9.90 Å². The van der Waals surface area contributed by atoms with Crippen LogP contribution < -0.4 is 10.2 Å². The Labute approximate surface area is 129 Å². The zero-order valence-corrected chi connectivity index (χ0v) is 12.7. The van der Waals surface area contributed by atoms with Crippen molar-refractivity contribution in [2.24, 2.45) is 5.10 Å². The van der Waals surface area contributed by atoms with Gasteiger partial charge < -0.3 is 9.84 Å². The standard InChI is InChI=1S/C14H12BrN3O3/c1-21-12-6-9(5-11(15)13(12)19)7-17-18-14(20)10-3-2-4-16-8-10/h2-8,19H,1H3,(H,18,20)/b17-7+. The third-order valence-electron chi connectivity index (χ3n) is 2.57. The number of rotatable bonds is 4. The van der Waals surface area contributed by atoms with Crippen molar-refractivity contribution in [1.29, 1.82) is 0 Å². The van der Waals surface area contributed by atoms with Crippen LogP contribution >= 0.6 is 15.9 Å². The lowest BCUT2D eigenvalue weighted by molar-refractivity contribution is 0.0955. The molecule has 0 spiro atoms. The van der Waals surface area contributed by atoms with E-state index in [2.05, 4.69) is 31.4 Å². The first-order valence-corrected chi connectivity index (χ1v) is 6.71. The second-order valence-corrected chi connectivity index (χ2v) is 4.85. The van der Waals surface area contributed by atoms with Crippen LogP contribution in [0.15, 0.2) is 46.2 Å². The van der Waals surface area contributed by atoms with E-state index in [1.54, 1.807) is 30.5 Å². The minimum atomic E-state index is -0.357. The number of aromatic hydroxyl groups is 1. The molecule has 2 N–H and O–H groups in total. The van der Waals surface area contributed by atoms with Gasteiger partial charge in [-0.25, -0.2) is 5.43 Å². The van der Waals surface area contributed by atoms with Crippen LogP contribution in [0, 0.1) is 0 Å². The van der Waals surface area contributed by atoms with E-state index < -0.39 is 0 Å². The number of carbonyl (C=O) groups is 1. The Morgan fingerprint density at radius 3 is 3.00 bits per heavy atom. The fourth-order valence-electron chi connectivity index (χ4n) is 1.55. The maximum atomic E-state index is 11.7. The molecule has 1 heterocycles. The van der Waals surface area contributed by atoms with Crippen molar-refractivity contribution in [3.63, 3.8) is 0 Å². The Hall–Kier alpha value is -2.41. The number of amides is 1. The molecule has 21 heavy (non-hydrogen) atoms. The monoisotopic (exact) mass is 349 g/mol. The zero-order valence-electron chi connectivity index (χ0n) is 11.1. The van der Waals surface area contributed by atoms with Crippen LogP contribution in [0.25, 0.3) is 0 Å². The van der Waals surface area contributed by atoms with Crippen molar-refractivity contribution in [3.05, 3.63) is 52.3 Å². The van der Waals surface area contributed by atoms with Crippen molar-refractivity contribution in [3.8, 4) is 11.5 Å². The van der Waals surface area contributed by atoms with Crippen molar-refractivity contribution in [2.45, 2.75) is 0 Å². The van der Waals surface area contributed by atoms with Crippen LogP contribution in [0.4, 0.5) is 0 Å². The Balaban J connectivity index is 2.08. The number of hydrazone groups is 1. The fraction of sp³-hybridized carbons (Fsp3) is 0.0714. The van der Waals surface area contributed by atoms with Crippen molar-refractivity contribution in [1.82, 2.24) is 10.4 Å². The number of methoxy groups -OCH3 is 1. The molecule has 1 aromatic heterocycles. The summed E-state index contributed by atoms with van der Waals surface area (Å²) >= 11 is 3.21. The number of phenolic OH excluding ortho intramolecular Hbond substituents is 1. The molecule has 0 aliphatic heterocycles. The molecule has 2 rings (SSSR count). The Kier molecular flexibility index (Phi) is 4.89. The Morgan fingerprint density at radius 2 is 2.33 bits per heavy atom. The van der Waals surface area contributed by atoms with E-state index in [4.69, 9.17) is 4.74 Å². The van der Waals surface area contributed by atoms with Crippen LogP contribution in [0.3, 0.4) is 0 Å². The molecule has 0 bridgehead atoms. The summed E-state index contributed by atoms with van der Waals surface area (Å²) in [5.41, 5.74) is 3.46. The number of benzene rings is 1. The summed E-state index contributed by atoms with van der Waals surface area (Å²) in [5.74, 6) is -0.0392. The molecule has 0 fully saturated rings. The van der Waals surface area contributed by atoms with E-state index in [1.807, 2.05) is 0 Å². The largest absolute Gasteiger partial charge is 0.503 e. The first-order chi connectivity index (χ1) is 10.1. The Bertz CT molecular complexity index is 675. The van der Waals surface area contributed by atoms with E-state index in [1.165, 1.54) is 19.5 Å². The number of aromatic nitrogens is 1. The molecule has 0 aliphatic carbocycles. The molecule has 1 amide bonds. The van der Waals surface area contributed by atoms with E-state index >= 15 is 0 Å². The van der Waals surface area contributed by atoms with Gasteiger partial charge in [-0.2, -0.15) is 5.10 Å². The molecule has 6 nitrogen and oxygen atoms in total. The number of phenols is 1. The minimum Gasteiger partial charge on any atom is -0.503 e. The molecule has 0 unspecified atom stereocenters. The van der Waals surface area contributed by atoms with E-state index in [-0.39, 0.29) is 11.7 Å². The summed E-state index contributed by atoms with van der Waals surface area (Å²) in [6, 6.07) is 6.55. The van der Waals surface area contributed by atoms with E-state index in [0.29, 0.717) is 21.3 Å². The van der Waals surface area contributed by atoms with Gasteiger partial charge in [-0.15, -0.1) is 0 Å². The second kappa shape index (κ2) is 6.85. The number of ether oxygens (including phenoxy) is 1. The fourth-order valence-corrected chi connectivity index (χ4v) is 2.01. The van der Waals surface area contributed by atoms with Gasteiger partial charge in [0, 0.05) is 12.4 Å². The maximum Gasteiger partial charge on any atom is 0.272 e. The summed E-state index contributed by atoms with van der Waals surface area (Å²) < 4.78 is 5.50. The highest BCUT2D eigenvalue weighted by atomic mass is 79.9. The average Bonchev–Trinajstić information content (AvgIpc) is 2.51. The predicted octanol–water partition coefficient (Wildman–Crippen LogP) is 2.32. The topological polar surface area (TPSA) is 83.8 Å². The van der Waals surface area contributed by atoms with Gasteiger partial charge in [0.2, 0.25) is 0 Å². The number of carbonyl (C=O) groups excluding carboxylic acids is 1. The number of hydrogen-bond donors (Lipinski definition) is 2. The van der Waals surface area contributed by atoms with Gasteiger partial charge in [-0.3, -0.25) is 9.78 Å². The molecule has 108 valence electrons. The molecule has 0 saturated heterocycles. The molecular formula is C14H12BrN3O3. The first kappa shape index (κ1) is 15.0. The van der Waals surface area contributed by atoms with Gasteiger partial charge in [-0.05, 0) is 45.8 Å². The SMILES string of the molecule is COc1cc(/C=N/NC(=O)c2cccnc2)cc(Br)c1O. The van der Waals surface area contributed by atoms with Gasteiger partial charge in [0.05, 0.1) is 23.4 Å². The predicted molar refractivity (Wildman–Crippen MR) is 81.7 cm³/mol. The molecule has 0 radical (unpaired) electrons. The smallest absolute Gasteiger partial charge is 0.272 e. The lowest BCUT2D eigenvalue weighted by Crippen LogP contribution is -2.17. The normalized spacial score (nSPS) is 10.6. The zero-order chi connectivity index (χ0) is 15.2. The van der Waals surface area contributed by atoms with Crippen LogP contribution in [0.1, 0.15) is 15.9 Å². The number of nitrogens with one attached hydrogen (secondary N) is 1. The highest BCUT2D eigenvalue weighted by Crippen LogP contribution is 2.34. The van der Waals surface area contributed by atoms with Crippen molar-refractivity contribution in [2.75, 3.05) is 7.11 Å². The quantitative estimate of drug-likeness (QED) is 0.655. The molecule has 1 aromatic carbocycles. The van der Waals surface area contributed by atoms with Crippen molar-refractivity contribution < 1.29 is 14.6 Å². The van der Waals surface area contributed by atoms with Crippen LogP contribution in [0.2, 0.25) is 0 Å². The summed E-state index contributed by atoms with van der Waals surface area (Å²) in [6.07, 6.45) is 4.48. The Morgan fingerprint density at radius 1 is 1.52 bits per heavy atom. The first-order valence-electron chi connectivity index (χ1n) is 5.91. The van der Waals surface area contributed by atoms with Gasteiger partial charge in [-0.1, -0.05) is 0 Å². The lowest BCUT2D eigenvalue weighted by atomic mass is 10.2. The van der Waals surface area contributed by atoms with Gasteiger partial charge >= 0.3 is 0 Å². The summed E-state index contributed by atoms with van der Waals surface area (Å²) in [7, 11) is 1.45. The second-order valence-electron chi connectivity index (χ2n) is 3.99. The summed E-state index contributed by atoms with van der Waals surface area (Å²) in [6.45, 7) is 0. The lowest BCUT2D eigenvalue weighted by Gasteiger charge is -2.06. The average molecular weight is 350 g/mol. The summed E-state index contributed by atoms with van der Waals surface area (Å²) in [4.78, 5) is 15.6. The summed E-state index contributed by atoms with van der Waals surface area (Å²) in [5, 5.41) is 13.5. The number of hydrogen-bond acceptors (Lipinski definition) is 5. The highest BCUT2D eigenvalue weighted by Gasteiger charge is 2.07. The third-order valence-corrected chi connectivity index (χ3v) is 3.18. The number of pyridine rings is 1. The molecule has 0 atom stereocenters. The van der Waals surface area contributed by atoms with Crippen molar-refractivity contribution >= 4 is 28.1 Å². The molecular weight excluding hydrogens is 338 g/mol. The van der Waals surface area contributed by atoms with Crippen LogP contribution in [-0.4, -0.2) is 29.3 Å². The minimum absolute atomic E-state index is 0.00838. The maximum absolute atomic E-state index is 11.7. The number of nitrogens with zero attached hydrogens (tertiary/aromatic N) is 2. The highest BCUT2D eigenvalue weighted by molar-refractivity contribution is 9.10. The molecule has 0 aliphatic rings. The number of halogens is 1. The van der Waals surface area contributed by atoms with Gasteiger partial charge in [0.1, 0.15) is 0 Å². The molecule has 7 heteroatoms. The van der Waals surface area contributed by atoms with Crippen LogP contribution in [-0.2, 0) is 0 Å². The van der Waals surface area contributed by atoms with Gasteiger partial charge in [0.25, 0.3) is 5.91 Å². The molecule has 0 saturated carbocycles. The van der Waals surface area contributed by atoms with Gasteiger partial charge in [0.15, 0.2) is 11.5 Å². The molecule has 2 aromatic rings. The third kappa shape index (κ3) is 3.79. The van der Waals surface area contributed by atoms with Crippen LogP contribution in [0.5, 0.6) is 11.5 Å².